The molecule has 0 spiro atoms. The van der Waals surface area contributed by atoms with Gasteiger partial charge in [-0.3, -0.25) is 4.90 Å². The Morgan fingerprint density at radius 1 is 1.56 bits per heavy atom. The van der Waals surface area contributed by atoms with Gasteiger partial charge in [0.15, 0.2) is 0 Å². The molecule has 96 valence electrons. The van der Waals surface area contributed by atoms with Crippen LogP contribution in [0.1, 0.15) is 30.8 Å². The third-order valence-electron chi connectivity index (χ3n) is 2.97. The van der Waals surface area contributed by atoms with E-state index < -0.39 is 0 Å². The first kappa shape index (κ1) is 12.7. The molecule has 1 aromatic heterocycles. The Labute approximate surface area is 107 Å². The molecular formula is C12H18N6. The number of hydrogen-bond donors (Lipinski definition) is 2. The van der Waals surface area contributed by atoms with Gasteiger partial charge >= 0.3 is 0 Å². The van der Waals surface area contributed by atoms with Crippen LogP contribution < -0.4 is 11.3 Å². The second kappa shape index (κ2) is 5.76. The van der Waals surface area contributed by atoms with Crippen molar-refractivity contribution in [1.29, 1.82) is 5.26 Å². The van der Waals surface area contributed by atoms with Crippen LogP contribution >= 0.6 is 0 Å². The molecule has 0 aromatic carbocycles. The predicted molar refractivity (Wildman–Crippen MR) is 68.2 cm³/mol. The van der Waals surface area contributed by atoms with E-state index in [9.17, 15) is 0 Å². The van der Waals surface area contributed by atoms with E-state index in [1.54, 1.807) is 6.07 Å². The molecule has 3 N–H and O–H groups in total. The SMILES string of the molecule is Cc1cc(NN)nc(CN(CCC#N)C2CC2)n1. The van der Waals surface area contributed by atoms with Crippen LogP contribution in [0.4, 0.5) is 5.82 Å². The number of nitrogens with zero attached hydrogens (tertiary/aromatic N) is 4. The van der Waals surface area contributed by atoms with Crippen molar-refractivity contribution in [2.75, 3.05) is 12.0 Å². The van der Waals surface area contributed by atoms with Gasteiger partial charge in [0.25, 0.3) is 0 Å². The molecule has 1 aliphatic carbocycles. The summed E-state index contributed by atoms with van der Waals surface area (Å²) >= 11 is 0. The lowest BCUT2D eigenvalue weighted by Gasteiger charge is -2.19. The molecule has 1 saturated carbocycles. The summed E-state index contributed by atoms with van der Waals surface area (Å²) in [5, 5.41) is 8.68. The number of nitrogens with two attached hydrogens (primary N) is 1. The first-order chi connectivity index (χ1) is 8.72. The summed E-state index contributed by atoms with van der Waals surface area (Å²) < 4.78 is 0. The van der Waals surface area contributed by atoms with Crippen LogP contribution in [0, 0.1) is 18.3 Å². The van der Waals surface area contributed by atoms with Gasteiger partial charge < -0.3 is 5.43 Å². The van der Waals surface area contributed by atoms with Crippen LogP contribution in [0.3, 0.4) is 0 Å². The summed E-state index contributed by atoms with van der Waals surface area (Å²) in [5.41, 5.74) is 3.44. The van der Waals surface area contributed by atoms with Crippen LogP contribution in [-0.4, -0.2) is 27.5 Å². The van der Waals surface area contributed by atoms with Crippen molar-refractivity contribution in [2.45, 2.75) is 38.8 Å². The summed E-state index contributed by atoms with van der Waals surface area (Å²) in [5.74, 6) is 6.76. The average Bonchev–Trinajstić information content (AvgIpc) is 3.18. The molecule has 1 aromatic rings. The Morgan fingerprint density at radius 2 is 2.33 bits per heavy atom. The van der Waals surface area contributed by atoms with Gasteiger partial charge in [-0.05, 0) is 19.8 Å². The van der Waals surface area contributed by atoms with Crippen molar-refractivity contribution in [1.82, 2.24) is 14.9 Å². The lowest BCUT2D eigenvalue weighted by molar-refractivity contribution is 0.254. The van der Waals surface area contributed by atoms with Crippen molar-refractivity contribution in [3.05, 3.63) is 17.6 Å². The minimum Gasteiger partial charge on any atom is -0.308 e. The van der Waals surface area contributed by atoms with Crippen molar-refractivity contribution in [2.24, 2.45) is 5.84 Å². The highest BCUT2D eigenvalue weighted by molar-refractivity contribution is 5.33. The molecule has 2 rings (SSSR count). The van der Waals surface area contributed by atoms with Gasteiger partial charge in [-0.2, -0.15) is 5.26 Å². The number of nitrogens with one attached hydrogen (secondary N) is 1. The van der Waals surface area contributed by atoms with Gasteiger partial charge in [-0.25, -0.2) is 15.8 Å². The minimum atomic E-state index is 0.546. The highest BCUT2D eigenvalue weighted by atomic mass is 15.3. The molecule has 0 saturated heterocycles. The maximum absolute atomic E-state index is 8.68. The molecule has 1 fully saturated rings. The Kier molecular flexibility index (Phi) is 4.07. The van der Waals surface area contributed by atoms with E-state index >= 15 is 0 Å². The van der Waals surface area contributed by atoms with Gasteiger partial charge in [0.2, 0.25) is 0 Å². The molecule has 6 nitrogen and oxygen atoms in total. The largest absolute Gasteiger partial charge is 0.308 e. The van der Waals surface area contributed by atoms with Gasteiger partial charge in [0.05, 0.1) is 12.6 Å². The van der Waals surface area contributed by atoms with Crippen LogP contribution in [0.5, 0.6) is 0 Å². The lowest BCUT2D eigenvalue weighted by Crippen LogP contribution is -2.28. The normalized spacial score (nSPS) is 14.6. The number of nitrogen functional groups attached to an aromatic ring is 1. The van der Waals surface area contributed by atoms with Crippen LogP contribution in [-0.2, 0) is 6.54 Å². The fraction of sp³-hybridized carbons (Fsp3) is 0.583. The zero-order valence-electron chi connectivity index (χ0n) is 10.6. The minimum absolute atomic E-state index is 0.546. The van der Waals surface area contributed by atoms with Crippen LogP contribution in [0.2, 0.25) is 0 Å². The third-order valence-corrected chi connectivity index (χ3v) is 2.97. The number of nitriles is 1. The molecule has 0 aliphatic heterocycles. The number of aromatic nitrogens is 2. The molecule has 1 aliphatic rings. The highest BCUT2D eigenvalue weighted by Crippen LogP contribution is 2.28. The number of hydrazine groups is 1. The standard InChI is InChI=1S/C12H18N6/c1-9-7-11(17-14)16-12(15-9)8-18(6-2-5-13)10-3-4-10/h7,10H,2-4,6,8,14H2,1H3,(H,15,16,17). The van der Waals surface area contributed by atoms with E-state index in [-0.39, 0.29) is 0 Å². The zero-order valence-corrected chi connectivity index (χ0v) is 10.6. The molecule has 1 heterocycles. The summed E-state index contributed by atoms with van der Waals surface area (Å²) in [4.78, 5) is 11.0. The molecule has 6 heteroatoms. The van der Waals surface area contributed by atoms with E-state index in [0.29, 0.717) is 24.8 Å². The fourth-order valence-electron chi connectivity index (χ4n) is 1.98. The topological polar surface area (TPSA) is 90.9 Å². The second-order valence-electron chi connectivity index (χ2n) is 4.56. The number of hydrogen-bond acceptors (Lipinski definition) is 6. The van der Waals surface area contributed by atoms with E-state index in [2.05, 4.69) is 26.4 Å². The summed E-state index contributed by atoms with van der Waals surface area (Å²) in [6.45, 7) is 3.38. The van der Waals surface area contributed by atoms with Gasteiger partial charge in [0.1, 0.15) is 11.6 Å². The number of rotatable bonds is 6. The van der Waals surface area contributed by atoms with E-state index in [1.165, 1.54) is 12.8 Å². The lowest BCUT2D eigenvalue weighted by atomic mass is 10.3. The second-order valence-corrected chi connectivity index (χ2v) is 4.56. The molecule has 0 radical (unpaired) electrons. The van der Waals surface area contributed by atoms with Crippen molar-refractivity contribution in [3.63, 3.8) is 0 Å². The molecule has 0 unspecified atom stereocenters. The summed E-state index contributed by atoms with van der Waals surface area (Å²) in [6.07, 6.45) is 2.96. The Morgan fingerprint density at radius 3 is 2.94 bits per heavy atom. The van der Waals surface area contributed by atoms with Gasteiger partial charge in [-0.1, -0.05) is 0 Å². The fourth-order valence-corrected chi connectivity index (χ4v) is 1.98. The van der Waals surface area contributed by atoms with Crippen molar-refractivity contribution < 1.29 is 0 Å². The molecular weight excluding hydrogens is 228 g/mol. The van der Waals surface area contributed by atoms with Crippen LogP contribution in [0.25, 0.3) is 0 Å². The Balaban J connectivity index is 2.05. The maximum atomic E-state index is 8.68. The van der Waals surface area contributed by atoms with E-state index in [1.807, 2.05) is 6.92 Å². The first-order valence-corrected chi connectivity index (χ1v) is 6.15. The Hall–Kier alpha value is -1.71. The zero-order chi connectivity index (χ0) is 13.0. The average molecular weight is 246 g/mol. The first-order valence-electron chi connectivity index (χ1n) is 6.15. The monoisotopic (exact) mass is 246 g/mol. The Bertz CT molecular complexity index is 448. The molecule has 0 atom stereocenters. The third kappa shape index (κ3) is 3.39. The number of anilines is 1. The predicted octanol–water partition coefficient (Wildman–Crippen LogP) is 0.949. The summed E-state index contributed by atoms with van der Waals surface area (Å²) in [6, 6.07) is 4.59. The maximum Gasteiger partial charge on any atom is 0.145 e. The number of aryl methyl sites for hydroxylation is 1. The van der Waals surface area contributed by atoms with E-state index in [0.717, 1.165) is 18.1 Å². The molecule has 0 amide bonds. The van der Waals surface area contributed by atoms with Gasteiger partial charge in [-0.15, -0.1) is 0 Å². The smallest absolute Gasteiger partial charge is 0.145 e. The molecule has 18 heavy (non-hydrogen) atoms. The van der Waals surface area contributed by atoms with Crippen molar-refractivity contribution >= 4 is 5.82 Å². The molecule has 0 bridgehead atoms. The van der Waals surface area contributed by atoms with Crippen LogP contribution in [0.15, 0.2) is 6.07 Å². The van der Waals surface area contributed by atoms with Crippen molar-refractivity contribution in [3.8, 4) is 6.07 Å². The van der Waals surface area contributed by atoms with Gasteiger partial charge in [0, 0.05) is 30.8 Å². The van der Waals surface area contributed by atoms with E-state index in [4.69, 9.17) is 11.1 Å². The highest BCUT2D eigenvalue weighted by Gasteiger charge is 2.29. The summed E-state index contributed by atoms with van der Waals surface area (Å²) in [7, 11) is 0. The quantitative estimate of drug-likeness (QED) is 0.573.